The summed E-state index contributed by atoms with van der Waals surface area (Å²) in [4.78, 5) is 11.0. The molecule has 3 heteroatoms. The topological polar surface area (TPSA) is 49.3 Å². The number of hydrogen-bond acceptors (Lipinski definition) is 2. The van der Waals surface area contributed by atoms with Gasteiger partial charge < -0.3 is 0 Å². The van der Waals surface area contributed by atoms with E-state index in [-0.39, 0.29) is 5.92 Å². The fraction of sp³-hybridized carbons (Fsp3) is 0.700. The molecular weight excluding hydrogens is 166 g/mol. The minimum Gasteiger partial charge on any atom is -0.288 e. The molecule has 0 heterocycles. The van der Waals surface area contributed by atoms with Crippen molar-refractivity contribution < 1.29 is 10.0 Å². The van der Waals surface area contributed by atoms with Gasteiger partial charge >= 0.3 is 0 Å². The first-order valence-electron chi connectivity index (χ1n) is 4.66. The molecule has 0 radical (unpaired) electrons. The van der Waals surface area contributed by atoms with Crippen LogP contribution in [0.2, 0.25) is 0 Å². The monoisotopic (exact) mass is 185 g/mol. The van der Waals surface area contributed by atoms with E-state index < -0.39 is 5.91 Å². The van der Waals surface area contributed by atoms with E-state index in [0.29, 0.717) is 11.5 Å². The Morgan fingerprint density at radius 1 is 1.54 bits per heavy atom. The third kappa shape index (κ3) is 4.08. The van der Waals surface area contributed by atoms with Gasteiger partial charge in [-0.15, -0.1) is 0 Å². The zero-order chi connectivity index (χ0) is 10.4. The average molecular weight is 185 g/mol. The predicted molar refractivity (Wildman–Crippen MR) is 52.3 cm³/mol. The molecule has 0 aliphatic rings. The maximum atomic E-state index is 11.0. The molecule has 0 fully saturated rings. The van der Waals surface area contributed by atoms with Crippen LogP contribution in [0.1, 0.15) is 33.6 Å². The van der Waals surface area contributed by atoms with E-state index in [0.717, 1.165) is 12.8 Å². The highest BCUT2D eigenvalue weighted by Gasteiger charge is 2.15. The molecule has 2 atom stereocenters. The molecule has 0 rings (SSSR count). The van der Waals surface area contributed by atoms with Crippen molar-refractivity contribution in [1.29, 1.82) is 0 Å². The minimum absolute atomic E-state index is 0.127. The number of hydroxylamine groups is 1. The van der Waals surface area contributed by atoms with E-state index in [1.807, 2.05) is 6.92 Å². The summed E-state index contributed by atoms with van der Waals surface area (Å²) in [6.45, 7) is 9.85. The maximum Gasteiger partial charge on any atom is 0.270 e. The van der Waals surface area contributed by atoms with Crippen LogP contribution in [0, 0.1) is 11.8 Å². The number of carbonyl (C=O) groups is 1. The lowest BCUT2D eigenvalue weighted by Crippen LogP contribution is -2.24. The molecule has 13 heavy (non-hydrogen) atoms. The Labute approximate surface area is 79.8 Å². The van der Waals surface area contributed by atoms with Gasteiger partial charge in [0, 0.05) is 5.57 Å². The fourth-order valence-electron chi connectivity index (χ4n) is 1.21. The molecule has 0 saturated heterocycles. The van der Waals surface area contributed by atoms with Gasteiger partial charge in [0.2, 0.25) is 0 Å². The van der Waals surface area contributed by atoms with Crippen molar-refractivity contribution in [3.8, 4) is 0 Å². The smallest absolute Gasteiger partial charge is 0.270 e. The van der Waals surface area contributed by atoms with E-state index in [9.17, 15) is 4.79 Å². The third-order valence-electron chi connectivity index (χ3n) is 2.44. The molecule has 1 amide bonds. The van der Waals surface area contributed by atoms with E-state index in [1.54, 1.807) is 5.48 Å². The zero-order valence-corrected chi connectivity index (χ0v) is 8.63. The van der Waals surface area contributed by atoms with Gasteiger partial charge in [-0.2, -0.15) is 0 Å². The first-order valence-corrected chi connectivity index (χ1v) is 4.66. The third-order valence-corrected chi connectivity index (χ3v) is 2.44. The van der Waals surface area contributed by atoms with Crippen molar-refractivity contribution in [2.75, 3.05) is 0 Å². The Bertz CT molecular complexity index is 189. The summed E-state index contributed by atoms with van der Waals surface area (Å²) in [5.74, 6) is 0.233. The molecule has 3 nitrogen and oxygen atoms in total. The fourth-order valence-corrected chi connectivity index (χ4v) is 1.21. The lowest BCUT2D eigenvalue weighted by molar-refractivity contribution is -0.125. The Balaban J connectivity index is 4.03. The van der Waals surface area contributed by atoms with Crippen LogP contribution in [0.25, 0.3) is 0 Å². The molecule has 0 aromatic rings. The van der Waals surface area contributed by atoms with Crippen molar-refractivity contribution in [2.45, 2.75) is 33.6 Å². The molecule has 0 saturated carbocycles. The summed E-state index contributed by atoms with van der Waals surface area (Å²) in [7, 11) is 0. The average Bonchev–Trinajstić information content (AvgIpc) is 2.14. The summed E-state index contributed by atoms with van der Waals surface area (Å²) < 4.78 is 0. The summed E-state index contributed by atoms with van der Waals surface area (Å²) >= 11 is 0. The van der Waals surface area contributed by atoms with Gasteiger partial charge in [0.1, 0.15) is 0 Å². The molecule has 2 N–H and O–H groups in total. The molecule has 0 aromatic heterocycles. The normalized spacial score (nSPS) is 14.8. The number of carbonyl (C=O) groups excluding carboxylic acids is 1. The Hall–Kier alpha value is -0.830. The quantitative estimate of drug-likeness (QED) is 0.391. The first-order chi connectivity index (χ1) is 6.02. The highest BCUT2D eigenvalue weighted by Crippen LogP contribution is 2.20. The van der Waals surface area contributed by atoms with Crippen LogP contribution in [-0.4, -0.2) is 11.1 Å². The van der Waals surface area contributed by atoms with E-state index in [1.165, 1.54) is 0 Å². The van der Waals surface area contributed by atoms with Crippen LogP contribution in [0.3, 0.4) is 0 Å². The summed E-state index contributed by atoms with van der Waals surface area (Å²) in [5.41, 5.74) is 2.05. The molecule has 0 spiro atoms. The largest absolute Gasteiger partial charge is 0.288 e. The highest BCUT2D eigenvalue weighted by atomic mass is 16.5. The van der Waals surface area contributed by atoms with Gasteiger partial charge in [0.05, 0.1) is 0 Å². The lowest BCUT2D eigenvalue weighted by Gasteiger charge is -2.16. The second-order valence-electron chi connectivity index (χ2n) is 3.62. The Kier molecular flexibility index (Phi) is 5.39. The Morgan fingerprint density at radius 3 is 2.46 bits per heavy atom. The number of nitrogens with one attached hydrogen (secondary N) is 1. The van der Waals surface area contributed by atoms with Crippen molar-refractivity contribution in [3.63, 3.8) is 0 Å². The van der Waals surface area contributed by atoms with Gasteiger partial charge in [-0.25, -0.2) is 5.48 Å². The lowest BCUT2D eigenvalue weighted by atomic mass is 9.90. The van der Waals surface area contributed by atoms with Crippen molar-refractivity contribution >= 4 is 5.91 Å². The predicted octanol–water partition coefficient (Wildman–Crippen LogP) is 2.12. The summed E-state index contributed by atoms with van der Waals surface area (Å²) in [6.07, 6.45) is 2.03. The molecule has 0 aromatic carbocycles. The van der Waals surface area contributed by atoms with Gasteiger partial charge in [0.25, 0.3) is 5.91 Å². The van der Waals surface area contributed by atoms with Crippen LogP contribution < -0.4 is 5.48 Å². The summed E-state index contributed by atoms with van der Waals surface area (Å²) in [5, 5.41) is 8.39. The van der Waals surface area contributed by atoms with Gasteiger partial charge in [-0.3, -0.25) is 10.0 Å². The van der Waals surface area contributed by atoms with Crippen LogP contribution in [0.4, 0.5) is 0 Å². The first kappa shape index (κ1) is 12.2. The van der Waals surface area contributed by atoms with E-state index >= 15 is 0 Å². The van der Waals surface area contributed by atoms with Crippen molar-refractivity contribution in [1.82, 2.24) is 5.48 Å². The van der Waals surface area contributed by atoms with Crippen LogP contribution in [0.15, 0.2) is 12.2 Å². The second kappa shape index (κ2) is 5.75. The minimum atomic E-state index is -0.476. The van der Waals surface area contributed by atoms with Gasteiger partial charge in [-0.1, -0.05) is 33.8 Å². The number of rotatable bonds is 5. The molecule has 0 unspecified atom stereocenters. The molecule has 0 aliphatic heterocycles. The molecular formula is C10H19NO2. The van der Waals surface area contributed by atoms with E-state index in [4.69, 9.17) is 5.21 Å². The zero-order valence-electron chi connectivity index (χ0n) is 8.63. The van der Waals surface area contributed by atoms with Crippen molar-refractivity contribution in [3.05, 3.63) is 12.2 Å². The highest BCUT2D eigenvalue weighted by molar-refractivity contribution is 5.92. The van der Waals surface area contributed by atoms with Crippen LogP contribution in [-0.2, 0) is 4.79 Å². The van der Waals surface area contributed by atoms with Crippen LogP contribution in [0.5, 0.6) is 0 Å². The number of amides is 1. The van der Waals surface area contributed by atoms with Crippen LogP contribution >= 0.6 is 0 Å². The van der Waals surface area contributed by atoms with E-state index in [2.05, 4.69) is 20.4 Å². The SMILES string of the molecule is C=C(C(=O)NO)[C@@H](C)C[C@H](C)CC. The molecule has 76 valence electrons. The van der Waals surface area contributed by atoms with Gasteiger partial charge in [0.15, 0.2) is 0 Å². The Morgan fingerprint density at radius 2 is 2.08 bits per heavy atom. The summed E-state index contributed by atoms with van der Waals surface area (Å²) in [6, 6.07) is 0. The second-order valence-corrected chi connectivity index (χ2v) is 3.62. The van der Waals surface area contributed by atoms with Gasteiger partial charge in [-0.05, 0) is 18.3 Å². The number of hydrogen-bond donors (Lipinski definition) is 2. The maximum absolute atomic E-state index is 11.0. The molecule has 0 aliphatic carbocycles. The standard InChI is InChI=1S/C10H19NO2/c1-5-7(2)6-8(3)9(4)10(12)11-13/h7-8,13H,4-6H2,1-3H3,(H,11,12)/t7-,8+/m1/s1. The molecule has 0 bridgehead atoms. The van der Waals surface area contributed by atoms with Crippen molar-refractivity contribution in [2.24, 2.45) is 11.8 Å².